The summed E-state index contributed by atoms with van der Waals surface area (Å²) in [5.41, 5.74) is 1.22. The van der Waals surface area contributed by atoms with Crippen molar-refractivity contribution in [3.63, 3.8) is 0 Å². The second kappa shape index (κ2) is 6.90. The summed E-state index contributed by atoms with van der Waals surface area (Å²) in [7, 11) is -1.13. The monoisotopic (exact) mass is 303 g/mol. The van der Waals surface area contributed by atoms with Gasteiger partial charge in [0.15, 0.2) is 0 Å². The van der Waals surface area contributed by atoms with Crippen LogP contribution in [-0.2, 0) is 0 Å². The Balaban J connectivity index is 2.28. The van der Waals surface area contributed by atoms with Gasteiger partial charge in [0.1, 0.15) is 0 Å². The van der Waals surface area contributed by atoms with Crippen LogP contribution in [-0.4, -0.2) is 36.8 Å². The molecule has 3 atom stereocenters. The molecule has 0 radical (unpaired) electrons. The van der Waals surface area contributed by atoms with Gasteiger partial charge in [-0.1, -0.05) is 62.1 Å². The fourth-order valence-corrected chi connectivity index (χ4v) is 5.26. The van der Waals surface area contributed by atoms with E-state index in [0.29, 0.717) is 12.1 Å². The number of hydrogen-bond acceptors (Lipinski definition) is 2. The number of nitrogens with zero attached hydrogens (tertiary/aromatic N) is 1. The SMILES string of the molecule is C[C@H]1C=CC[C@H](C[Si](C)(C)C)N1[C@@H](CO)c1ccccc1. The van der Waals surface area contributed by atoms with E-state index in [-0.39, 0.29) is 12.6 Å². The van der Waals surface area contributed by atoms with Gasteiger partial charge in [-0.3, -0.25) is 4.90 Å². The molecule has 3 heteroatoms. The Kier molecular flexibility index (Phi) is 5.41. The maximum atomic E-state index is 10.0. The van der Waals surface area contributed by atoms with Crippen molar-refractivity contribution in [2.45, 2.75) is 57.2 Å². The van der Waals surface area contributed by atoms with Crippen LogP contribution in [0.5, 0.6) is 0 Å². The first kappa shape index (κ1) is 16.5. The second-order valence-electron chi connectivity index (χ2n) is 7.38. The lowest BCUT2D eigenvalue weighted by atomic mass is 9.97. The van der Waals surface area contributed by atoms with E-state index in [1.54, 1.807) is 0 Å². The van der Waals surface area contributed by atoms with Crippen molar-refractivity contribution < 1.29 is 5.11 Å². The first-order chi connectivity index (χ1) is 9.92. The van der Waals surface area contributed by atoms with Crippen LogP contribution in [0.25, 0.3) is 0 Å². The van der Waals surface area contributed by atoms with Crippen LogP contribution in [0.4, 0.5) is 0 Å². The predicted molar refractivity (Wildman–Crippen MR) is 93.3 cm³/mol. The molecule has 0 spiro atoms. The fraction of sp³-hybridized carbons (Fsp3) is 0.556. The van der Waals surface area contributed by atoms with Crippen molar-refractivity contribution >= 4 is 8.07 Å². The summed E-state index contributed by atoms with van der Waals surface area (Å²) in [5, 5.41) is 10.0. The first-order valence-electron chi connectivity index (χ1n) is 8.02. The maximum Gasteiger partial charge on any atom is 0.0628 e. The van der Waals surface area contributed by atoms with Crippen molar-refractivity contribution in [2.75, 3.05) is 6.61 Å². The molecular weight excluding hydrogens is 274 g/mol. The summed E-state index contributed by atoms with van der Waals surface area (Å²) >= 11 is 0. The minimum atomic E-state index is -1.13. The lowest BCUT2D eigenvalue weighted by molar-refractivity contribution is 0.0648. The third kappa shape index (κ3) is 4.28. The maximum absolute atomic E-state index is 10.0. The quantitative estimate of drug-likeness (QED) is 0.654. The number of aliphatic hydroxyl groups excluding tert-OH is 1. The van der Waals surface area contributed by atoms with Crippen LogP contribution in [0.3, 0.4) is 0 Å². The lowest BCUT2D eigenvalue weighted by Crippen LogP contribution is -2.49. The van der Waals surface area contributed by atoms with Crippen molar-refractivity contribution in [1.82, 2.24) is 4.90 Å². The minimum absolute atomic E-state index is 0.104. The van der Waals surface area contributed by atoms with Gasteiger partial charge in [-0.2, -0.15) is 0 Å². The third-order valence-electron chi connectivity index (χ3n) is 4.28. The summed E-state index contributed by atoms with van der Waals surface area (Å²) < 4.78 is 0. The van der Waals surface area contributed by atoms with E-state index in [9.17, 15) is 5.11 Å². The molecule has 0 aromatic heterocycles. The summed E-state index contributed by atoms with van der Waals surface area (Å²) in [5.74, 6) is 0. The summed E-state index contributed by atoms with van der Waals surface area (Å²) in [6, 6.07) is 12.8. The average molecular weight is 304 g/mol. The highest BCUT2D eigenvalue weighted by atomic mass is 28.3. The Hall–Kier alpha value is -0.903. The molecule has 1 aliphatic rings. The fourth-order valence-electron chi connectivity index (χ4n) is 3.47. The van der Waals surface area contributed by atoms with Crippen LogP contribution in [0.1, 0.15) is 24.9 Å². The third-order valence-corrected chi connectivity index (χ3v) is 5.98. The van der Waals surface area contributed by atoms with Crippen LogP contribution in [0.2, 0.25) is 25.7 Å². The molecule has 1 aromatic rings. The van der Waals surface area contributed by atoms with Gasteiger partial charge >= 0.3 is 0 Å². The van der Waals surface area contributed by atoms with Crippen molar-refractivity contribution in [1.29, 1.82) is 0 Å². The molecule has 1 heterocycles. The summed E-state index contributed by atoms with van der Waals surface area (Å²) in [4.78, 5) is 2.54. The van der Waals surface area contributed by atoms with Gasteiger partial charge in [0.05, 0.1) is 12.6 Å². The van der Waals surface area contributed by atoms with Gasteiger partial charge in [0.2, 0.25) is 0 Å². The molecule has 1 N–H and O–H groups in total. The zero-order chi connectivity index (χ0) is 15.5. The number of benzene rings is 1. The molecule has 1 aromatic carbocycles. The number of rotatable bonds is 5. The molecule has 116 valence electrons. The first-order valence-corrected chi connectivity index (χ1v) is 11.7. The molecule has 0 saturated heterocycles. The van der Waals surface area contributed by atoms with E-state index < -0.39 is 8.07 Å². The largest absolute Gasteiger partial charge is 0.394 e. The molecule has 0 fully saturated rings. The van der Waals surface area contributed by atoms with Crippen LogP contribution in [0.15, 0.2) is 42.5 Å². The van der Waals surface area contributed by atoms with E-state index in [0.717, 1.165) is 6.42 Å². The van der Waals surface area contributed by atoms with Gasteiger partial charge in [-0.05, 0) is 25.0 Å². The smallest absolute Gasteiger partial charge is 0.0628 e. The van der Waals surface area contributed by atoms with Gasteiger partial charge in [0.25, 0.3) is 0 Å². The molecule has 0 saturated carbocycles. The van der Waals surface area contributed by atoms with Gasteiger partial charge in [0, 0.05) is 20.2 Å². The summed E-state index contributed by atoms with van der Waals surface area (Å²) in [6.45, 7) is 9.74. The zero-order valence-corrected chi connectivity index (χ0v) is 14.8. The molecule has 2 nitrogen and oxygen atoms in total. The van der Waals surface area contributed by atoms with Crippen molar-refractivity contribution in [2.24, 2.45) is 0 Å². The van der Waals surface area contributed by atoms with E-state index >= 15 is 0 Å². The highest BCUT2D eigenvalue weighted by molar-refractivity contribution is 6.76. The lowest BCUT2D eigenvalue weighted by Gasteiger charge is -2.44. The van der Waals surface area contributed by atoms with E-state index in [4.69, 9.17) is 0 Å². The molecular formula is C18H29NOSi. The molecule has 1 aliphatic heterocycles. The van der Waals surface area contributed by atoms with Crippen LogP contribution >= 0.6 is 0 Å². The molecule has 0 bridgehead atoms. The Morgan fingerprint density at radius 2 is 1.90 bits per heavy atom. The Morgan fingerprint density at radius 1 is 1.24 bits per heavy atom. The molecule has 0 unspecified atom stereocenters. The van der Waals surface area contributed by atoms with Crippen molar-refractivity contribution in [3.05, 3.63) is 48.0 Å². The average Bonchev–Trinajstić information content (AvgIpc) is 2.42. The van der Waals surface area contributed by atoms with Crippen molar-refractivity contribution in [3.8, 4) is 0 Å². The Labute approximate surface area is 130 Å². The molecule has 0 amide bonds. The standard InChI is InChI=1S/C18H29NOSi/c1-15-9-8-12-17(14-21(2,3)4)19(15)18(13-20)16-10-6-5-7-11-16/h5-11,15,17-18,20H,12-14H2,1-4H3/t15-,17+,18-/m0/s1. The van der Waals surface area contributed by atoms with Gasteiger partial charge in [-0.25, -0.2) is 0 Å². The Bertz CT molecular complexity index is 466. The Morgan fingerprint density at radius 3 is 2.48 bits per heavy atom. The van der Waals surface area contributed by atoms with Crippen LogP contribution in [0, 0.1) is 0 Å². The van der Waals surface area contributed by atoms with Crippen LogP contribution < -0.4 is 0 Å². The zero-order valence-electron chi connectivity index (χ0n) is 13.8. The second-order valence-corrected chi connectivity index (χ2v) is 12.9. The van der Waals surface area contributed by atoms with E-state index in [2.05, 4.69) is 67.9 Å². The highest BCUT2D eigenvalue weighted by Gasteiger charge is 2.34. The molecule has 2 rings (SSSR count). The normalized spacial score (nSPS) is 25.0. The molecule has 21 heavy (non-hydrogen) atoms. The highest BCUT2D eigenvalue weighted by Crippen LogP contribution is 2.33. The van der Waals surface area contributed by atoms with Gasteiger partial charge in [-0.15, -0.1) is 0 Å². The number of aliphatic hydroxyl groups is 1. The van der Waals surface area contributed by atoms with E-state index in [1.165, 1.54) is 11.6 Å². The van der Waals surface area contributed by atoms with Gasteiger partial charge < -0.3 is 5.11 Å². The molecule has 0 aliphatic carbocycles. The topological polar surface area (TPSA) is 23.5 Å². The number of hydrogen-bond donors (Lipinski definition) is 1. The predicted octanol–water partition coefficient (Wildman–Crippen LogP) is 4.08. The van der Waals surface area contributed by atoms with E-state index in [1.807, 2.05) is 6.07 Å². The summed E-state index contributed by atoms with van der Waals surface area (Å²) in [6.07, 6.45) is 5.72. The minimum Gasteiger partial charge on any atom is -0.394 e.